The van der Waals surface area contributed by atoms with Crippen LogP contribution in [0.1, 0.15) is 36.5 Å². The van der Waals surface area contributed by atoms with Crippen LogP contribution in [0.25, 0.3) is 0 Å². The topological polar surface area (TPSA) is 49.8 Å². The second-order valence-electron chi connectivity index (χ2n) is 6.63. The monoisotopic (exact) mass is 409 g/mol. The molecule has 1 saturated heterocycles. The fourth-order valence-electron chi connectivity index (χ4n) is 3.36. The summed E-state index contributed by atoms with van der Waals surface area (Å²) in [4.78, 5) is 12.9. The number of carboxylic acids is 1. The average molecular weight is 410 g/mol. The lowest BCUT2D eigenvalue weighted by Gasteiger charge is -2.34. The van der Waals surface area contributed by atoms with Gasteiger partial charge in [-0.3, -0.25) is 4.79 Å². The third-order valence-corrected chi connectivity index (χ3v) is 5.14. The molecule has 1 aliphatic heterocycles. The van der Waals surface area contributed by atoms with E-state index in [2.05, 4.69) is 17.0 Å². The molecule has 3 rings (SSSR count). The standard InChI is InChI=1S/C21H24ClNO3.ClH/c22-19-9-5-4-8-18(19)21(16-6-2-1-3-7-16)26-17-10-13-23(14-11-17)15-12-20(24)25;/h1-9,17,21H,10-15H2,(H,24,25);1H. The van der Waals surface area contributed by atoms with Gasteiger partial charge in [0.2, 0.25) is 0 Å². The number of likely N-dealkylation sites (tertiary alicyclic amines) is 1. The number of nitrogens with zero attached hydrogens (tertiary/aromatic N) is 1. The highest BCUT2D eigenvalue weighted by Gasteiger charge is 2.25. The first-order valence-corrected chi connectivity index (χ1v) is 9.40. The zero-order valence-corrected chi connectivity index (χ0v) is 16.7. The molecule has 4 nitrogen and oxygen atoms in total. The minimum Gasteiger partial charge on any atom is -0.481 e. The van der Waals surface area contributed by atoms with Gasteiger partial charge < -0.3 is 14.7 Å². The second-order valence-corrected chi connectivity index (χ2v) is 7.04. The fraction of sp³-hybridized carbons (Fsp3) is 0.381. The zero-order valence-electron chi connectivity index (χ0n) is 15.1. The normalized spacial score (nSPS) is 16.5. The Morgan fingerprint density at radius 3 is 2.37 bits per heavy atom. The SMILES string of the molecule is Cl.O=C(O)CCN1CCC(OC(c2ccccc2)c2ccccc2Cl)CC1. The number of ether oxygens (including phenoxy) is 1. The molecule has 146 valence electrons. The van der Waals surface area contributed by atoms with Crippen molar-refractivity contribution < 1.29 is 14.6 Å². The van der Waals surface area contributed by atoms with Crippen molar-refractivity contribution in [3.05, 3.63) is 70.7 Å². The molecule has 0 aliphatic carbocycles. The Bertz CT molecular complexity index is 718. The Kier molecular flexibility index (Phi) is 8.58. The molecule has 2 aromatic rings. The molecular weight excluding hydrogens is 385 g/mol. The number of rotatable bonds is 7. The van der Waals surface area contributed by atoms with Crippen molar-refractivity contribution in [2.75, 3.05) is 19.6 Å². The molecule has 1 heterocycles. The molecular formula is C21H25Cl2NO3. The highest BCUT2D eigenvalue weighted by Crippen LogP contribution is 2.33. The van der Waals surface area contributed by atoms with Crippen LogP contribution >= 0.6 is 24.0 Å². The number of hydrogen-bond donors (Lipinski definition) is 1. The van der Waals surface area contributed by atoms with Crippen molar-refractivity contribution in [3.63, 3.8) is 0 Å². The first kappa shape index (κ1) is 21.7. The molecule has 0 aromatic heterocycles. The van der Waals surface area contributed by atoms with E-state index in [0.29, 0.717) is 11.6 Å². The lowest BCUT2D eigenvalue weighted by molar-refractivity contribution is -0.137. The van der Waals surface area contributed by atoms with Crippen molar-refractivity contribution in [2.45, 2.75) is 31.5 Å². The van der Waals surface area contributed by atoms with Crippen LogP contribution in [0, 0.1) is 0 Å². The van der Waals surface area contributed by atoms with E-state index in [1.165, 1.54) is 0 Å². The molecule has 0 bridgehead atoms. The number of carbonyl (C=O) groups is 1. The lowest BCUT2D eigenvalue weighted by Crippen LogP contribution is -2.38. The van der Waals surface area contributed by atoms with Gasteiger partial charge in [0.1, 0.15) is 6.10 Å². The predicted molar refractivity (Wildman–Crippen MR) is 110 cm³/mol. The number of piperidine rings is 1. The van der Waals surface area contributed by atoms with Gasteiger partial charge in [0.25, 0.3) is 0 Å². The predicted octanol–water partition coefficient (Wildman–Crippen LogP) is 4.81. The van der Waals surface area contributed by atoms with E-state index in [1.807, 2.05) is 42.5 Å². The van der Waals surface area contributed by atoms with Crippen molar-refractivity contribution in [1.82, 2.24) is 4.90 Å². The van der Waals surface area contributed by atoms with E-state index in [4.69, 9.17) is 21.4 Å². The molecule has 1 N–H and O–H groups in total. The van der Waals surface area contributed by atoms with Gasteiger partial charge in [-0.05, 0) is 24.5 Å². The Balaban J connectivity index is 0.00000261. The summed E-state index contributed by atoms with van der Waals surface area (Å²) in [5.41, 5.74) is 2.07. The third kappa shape index (κ3) is 6.22. The lowest BCUT2D eigenvalue weighted by atomic mass is 10.00. The van der Waals surface area contributed by atoms with Crippen LogP contribution in [0.2, 0.25) is 5.02 Å². The average Bonchev–Trinajstić information content (AvgIpc) is 2.67. The fourth-order valence-corrected chi connectivity index (χ4v) is 3.60. The van der Waals surface area contributed by atoms with Crippen LogP contribution in [-0.2, 0) is 9.53 Å². The summed E-state index contributed by atoms with van der Waals surface area (Å²) < 4.78 is 6.49. The van der Waals surface area contributed by atoms with E-state index in [9.17, 15) is 4.79 Å². The number of aliphatic carboxylic acids is 1. The molecule has 1 unspecified atom stereocenters. The Morgan fingerprint density at radius 1 is 1.11 bits per heavy atom. The van der Waals surface area contributed by atoms with Gasteiger partial charge in [0, 0.05) is 30.2 Å². The van der Waals surface area contributed by atoms with Gasteiger partial charge >= 0.3 is 5.97 Å². The van der Waals surface area contributed by atoms with E-state index < -0.39 is 5.97 Å². The van der Waals surface area contributed by atoms with Crippen LogP contribution in [-0.4, -0.2) is 41.7 Å². The molecule has 6 heteroatoms. The van der Waals surface area contributed by atoms with Crippen LogP contribution in [0.15, 0.2) is 54.6 Å². The van der Waals surface area contributed by atoms with Crippen LogP contribution in [0.5, 0.6) is 0 Å². The maximum Gasteiger partial charge on any atom is 0.304 e. The third-order valence-electron chi connectivity index (χ3n) is 4.80. The van der Waals surface area contributed by atoms with Gasteiger partial charge in [0.05, 0.1) is 12.5 Å². The molecule has 27 heavy (non-hydrogen) atoms. The summed E-state index contributed by atoms with van der Waals surface area (Å²) in [5, 5.41) is 9.54. The van der Waals surface area contributed by atoms with Crippen molar-refractivity contribution in [3.8, 4) is 0 Å². The second kappa shape index (κ2) is 10.7. The molecule has 0 spiro atoms. The minimum atomic E-state index is -0.744. The van der Waals surface area contributed by atoms with Crippen LogP contribution < -0.4 is 0 Å². The van der Waals surface area contributed by atoms with Crippen molar-refractivity contribution >= 4 is 30.0 Å². The van der Waals surface area contributed by atoms with E-state index >= 15 is 0 Å². The summed E-state index contributed by atoms with van der Waals surface area (Å²) in [7, 11) is 0. The Hall–Kier alpha value is -1.59. The van der Waals surface area contributed by atoms with Crippen LogP contribution in [0.4, 0.5) is 0 Å². The summed E-state index contributed by atoms with van der Waals surface area (Å²) in [6.45, 7) is 2.33. The summed E-state index contributed by atoms with van der Waals surface area (Å²) in [5.74, 6) is -0.744. The minimum absolute atomic E-state index is 0. The molecule has 1 fully saturated rings. The molecule has 1 aliphatic rings. The molecule has 2 aromatic carbocycles. The first-order chi connectivity index (χ1) is 12.6. The number of hydrogen-bond acceptors (Lipinski definition) is 3. The largest absolute Gasteiger partial charge is 0.481 e. The van der Waals surface area contributed by atoms with E-state index in [-0.39, 0.29) is 31.0 Å². The quantitative estimate of drug-likeness (QED) is 0.712. The maximum atomic E-state index is 10.7. The molecule has 0 saturated carbocycles. The number of carboxylic acid groups (broad SMARTS) is 1. The van der Waals surface area contributed by atoms with Gasteiger partial charge in [-0.1, -0.05) is 60.1 Å². The summed E-state index contributed by atoms with van der Waals surface area (Å²) in [6.07, 6.45) is 1.93. The number of halogens is 2. The van der Waals surface area contributed by atoms with Gasteiger partial charge in [-0.15, -0.1) is 12.4 Å². The van der Waals surface area contributed by atoms with E-state index in [0.717, 1.165) is 37.1 Å². The van der Waals surface area contributed by atoms with Gasteiger partial charge in [-0.25, -0.2) is 0 Å². The maximum absolute atomic E-state index is 10.7. The summed E-state index contributed by atoms with van der Waals surface area (Å²) >= 11 is 6.44. The summed E-state index contributed by atoms with van der Waals surface area (Å²) in [6, 6.07) is 18.0. The van der Waals surface area contributed by atoms with E-state index in [1.54, 1.807) is 0 Å². The molecule has 0 radical (unpaired) electrons. The molecule has 0 amide bonds. The highest BCUT2D eigenvalue weighted by atomic mass is 35.5. The first-order valence-electron chi connectivity index (χ1n) is 9.02. The van der Waals surface area contributed by atoms with Gasteiger partial charge in [-0.2, -0.15) is 0 Å². The van der Waals surface area contributed by atoms with Crippen molar-refractivity contribution in [1.29, 1.82) is 0 Å². The van der Waals surface area contributed by atoms with Crippen LogP contribution in [0.3, 0.4) is 0 Å². The molecule has 1 atom stereocenters. The zero-order chi connectivity index (χ0) is 18.4. The number of benzene rings is 2. The van der Waals surface area contributed by atoms with Crippen molar-refractivity contribution in [2.24, 2.45) is 0 Å². The van der Waals surface area contributed by atoms with Gasteiger partial charge in [0.15, 0.2) is 0 Å². The highest BCUT2D eigenvalue weighted by molar-refractivity contribution is 6.31. The Labute approximate surface area is 171 Å². The smallest absolute Gasteiger partial charge is 0.304 e. The Morgan fingerprint density at radius 2 is 1.74 bits per heavy atom.